The molecule has 0 aliphatic heterocycles. The lowest BCUT2D eigenvalue weighted by atomic mass is 10.0. The molecular weight excluding hydrogens is 270 g/mol. The molecule has 2 aromatic rings. The van der Waals surface area contributed by atoms with Crippen molar-refractivity contribution in [2.45, 2.75) is 19.9 Å². The van der Waals surface area contributed by atoms with Crippen molar-refractivity contribution in [2.75, 3.05) is 12.4 Å². The van der Waals surface area contributed by atoms with Crippen LogP contribution in [0.1, 0.15) is 13.8 Å². The summed E-state index contributed by atoms with van der Waals surface area (Å²) in [6.07, 6.45) is 1.22. The van der Waals surface area contributed by atoms with E-state index in [1.165, 1.54) is 7.11 Å². The van der Waals surface area contributed by atoms with E-state index in [2.05, 4.69) is 20.4 Å². The monoisotopic (exact) mass is 289 g/mol. The second-order valence-electron chi connectivity index (χ2n) is 5.13. The normalized spacial score (nSPS) is 12.2. The SMILES string of the molecule is COC(=O)NC(C(=O)Nc1ccc2[nH]ccc2c1)C(C)C. The molecule has 0 radical (unpaired) electrons. The minimum absolute atomic E-state index is 0.0555. The van der Waals surface area contributed by atoms with Crippen molar-refractivity contribution < 1.29 is 14.3 Å². The second kappa shape index (κ2) is 6.30. The van der Waals surface area contributed by atoms with Gasteiger partial charge in [-0.25, -0.2) is 4.79 Å². The smallest absolute Gasteiger partial charge is 0.407 e. The highest BCUT2D eigenvalue weighted by atomic mass is 16.5. The van der Waals surface area contributed by atoms with E-state index in [1.54, 1.807) is 0 Å². The molecule has 0 spiro atoms. The Balaban J connectivity index is 2.11. The maximum Gasteiger partial charge on any atom is 0.407 e. The summed E-state index contributed by atoms with van der Waals surface area (Å²) in [6.45, 7) is 3.71. The van der Waals surface area contributed by atoms with Gasteiger partial charge in [-0.15, -0.1) is 0 Å². The molecule has 3 N–H and O–H groups in total. The Morgan fingerprint density at radius 1 is 1.24 bits per heavy atom. The fraction of sp³-hybridized carbons (Fsp3) is 0.333. The van der Waals surface area contributed by atoms with Crippen LogP contribution in [-0.2, 0) is 9.53 Å². The lowest BCUT2D eigenvalue weighted by Crippen LogP contribution is -2.47. The van der Waals surface area contributed by atoms with Gasteiger partial charge in [0.25, 0.3) is 0 Å². The number of aromatic nitrogens is 1. The molecule has 1 aromatic carbocycles. The molecule has 2 rings (SSSR count). The molecule has 21 heavy (non-hydrogen) atoms. The van der Waals surface area contributed by atoms with Gasteiger partial charge in [0.2, 0.25) is 5.91 Å². The summed E-state index contributed by atoms with van der Waals surface area (Å²) in [5.41, 5.74) is 1.69. The molecule has 0 aliphatic rings. The third-order valence-electron chi connectivity index (χ3n) is 3.23. The minimum atomic E-state index is -0.653. The summed E-state index contributed by atoms with van der Waals surface area (Å²) < 4.78 is 4.54. The number of carbonyl (C=O) groups is 2. The van der Waals surface area contributed by atoms with Gasteiger partial charge in [0.1, 0.15) is 6.04 Å². The van der Waals surface area contributed by atoms with Crippen LogP contribution in [0.5, 0.6) is 0 Å². The topological polar surface area (TPSA) is 83.2 Å². The van der Waals surface area contributed by atoms with E-state index >= 15 is 0 Å². The van der Waals surface area contributed by atoms with Crippen molar-refractivity contribution in [1.29, 1.82) is 0 Å². The minimum Gasteiger partial charge on any atom is -0.453 e. The first-order valence-electron chi connectivity index (χ1n) is 6.73. The lowest BCUT2D eigenvalue weighted by Gasteiger charge is -2.20. The molecule has 6 nitrogen and oxygen atoms in total. The Hall–Kier alpha value is -2.50. The number of methoxy groups -OCH3 is 1. The quantitative estimate of drug-likeness (QED) is 0.808. The van der Waals surface area contributed by atoms with Crippen LogP contribution in [0.3, 0.4) is 0 Å². The maximum absolute atomic E-state index is 12.3. The zero-order chi connectivity index (χ0) is 15.4. The number of H-pyrrole nitrogens is 1. The fourth-order valence-corrected chi connectivity index (χ4v) is 2.07. The van der Waals surface area contributed by atoms with Gasteiger partial charge >= 0.3 is 6.09 Å². The van der Waals surface area contributed by atoms with E-state index in [1.807, 2.05) is 44.3 Å². The highest BCUT2D eigenvalue weighted by Crippen LogP contribution is 2.18. The first kappa shape index (κ1) is 14.9. The van der Waals surface area contributed by atoms with E-state index in [9.17, 15) is 9.59 Å². The Bertz CT molecular complexity index is 648. The molecule has 1 unspecified atom stereocenters. The summed E-state index contributed by atoms with van der Waals surface area (Å²) >= 11 is 0. The number of aromatic amines is 1. The van der Waals surface area contributed by atoms with E-state index < -0.39 is 12.1 Å². The molecule has 2 amide bonds. The van der Waals surface area contributed by atoms with Gasteiger partial charge in [-0.05, 0) is 30.2 Å². The van der Waals surface area contributed by atoms with Crippen LogP contribution >= 0.6 is 0 Å². The van der Waals surface area contributed by atoms with Crippen LogP contribution in [0.4, 0.5) is 10.5 Å². The van der Waals surface area contributed by atoms with Crippen molar-refractivity contribution in [3.05, 3.63) is 30.5 Å². The number of alkyl carbamates (subject to hydrolysis) is 1. The standard InChI is InChI=1S/C15H19N3O3/c1-9(2)13(18-15(20)21-3)14(19)17-11-4-5-12-10(8-11)6-7-16-12/h4-9,13,16H,1-3H3,(H,17,19)(H,18,20). The number of hydrogen-bond acceptors (Lipinski definition) is 3. The molecule has 1 aromatic heterocycles. The molecule has 6 heteroatoms. The number of fused-ring (bicyclic) bond motifs is 1. The molecule has 1 atom stereocenters. The molecule has 112 valence electrons. The Labute approximate surface area is 122 Å². The third-order valence-corrected chi connectivity index (χ3v) is 3.23. The average molecular weight is 289 g/mol. The second-order valence-corrected chi connectivity index (χ2v) is 5.13. The van der Waals surface area contributed by atoms with Crippen LogP contribution in [0.25, 0.3) is 10.9 Å². The number of rotatable bonds is 4. The first-order valence-corrected chi connectivity index (χ1v) is 6.73. The predicted molar refractivity (Wildman–Crippen MR) is 81.1 cm³/mol. The summed E-state index contributed by atoms with van der Waals surface area (Å²) in [5.74, 6) is -0.328. The largest absolute Gasteiger partial charge is 0.453 e. The van der Waals surface area contributed by atoms with Crippen LogP contribution < -0.4 is 10.6 Å². The Morgan fingerprint density at radius 3 is 2.67 bits per heavy atom. The van der Waals surface area contributed by atoms with Gasteiger partial charge in [-0.3, -0.25) is 4.79 Å². The third kappa shape index (κ3) is 3.53. The molecule has 0 bridgehead atoms. The van der Waals surface area contributed by atoms with Crippen molar-refractivity contribution >= 4 is 28.6 Å². The summed E-state index contributed by atoms with van der Waals surface area (Å²) in [4.78, 5) is 26.7. The predicted octanol–water partition coefficient (Wildman–Crippen LogP) is 2.49. The number of hydrogen-bond donors (Lipinski definition) is 3. The molecule has 0 aliphatic carbocycles. The maximum atomic E-state index is 12.3. The summed E-state index contributed by atoms with van der Waals surface area (Å²) in [5, 5.41) is 6.36. The zero-order valence-corrected chi connectivity index (χ0v) is 12.3. The van der Waals surface area contributed by atoms with Gasteiger partial charge in [0, 0.05) is 22.8 Å². The van der Waals surface area contributed by atoms with Crippen molar-refractivity contribution in [3.8, 4) is 0 Å². The number of benzene rings is 1. The van der Waals surface area contributed by atoms with E-state index in [4.69, 9.17) is 0 Å². The van der Waals surface area contributed by atoms with Crippen molar-refractivity contribution in [1.82, 2.24) is 10.3 Å². The molecule has 0 saturated heterocycles. The van der Waals surface area contributed by atoms with Crippen molar-refractivity contribution in [3.63, 3.8) is 0 Å². The van der Waals surface area contributed by atoms with Crippen LogP contribution in [0.2, 0.25) is 0 Å². The summed E-state index contributed by atoms with van der Waals surface area (Å²) in [6, 6.07) is 6.85. The molecule has 1 heterocycles. The van der Waals surface area contributed by atoms with Gasteiger partial charge in [0.15, 0.2) is 0 Å². The first-order chi connectivity index (χ1) is 10.0. The van der Waals surface area contributed by atoms with Crippen LogP contribution in [-0.4, -0.2) is 30.1 Å². The fourth-order valence-electron chi connectivity index (χ4n) is 2.07. The highest BCUT2D eigenvalue weighted by Gasteiger charge is 2.24. The average Bonchev–Trinajstić information content (AvgIpc) is 2.91. The van der Waals surface area contributed by atoms with Gasteiger partial charge in [-0.1, -0.05) is 13.8 Å². The number of carbonyl (C=O) groups excluding carboxylic acids is 2. The number of amides is 2. The van der Waals surface area contributed by atoms with E-state index in [0.29, 0.717) is 5.69 Å². The van der Waals surface area contributed by atoms with Gasteiger partial charge in [-0.2, -0.15) is 0 Å². The number of anilines is 1. The lowest BCUT2D eigenvalue weighted by molar-refractivity contribution is -0.119. The Kier molecular flexibility index (Phi) is 4.47. The number of ether oxygens (including phenoxy) is 1. The molecule has 0 saturated carbocycles. The van der Waals surface area contributed by atoms with Gasteiger partial charge in [0.05, 0.1) is 7.11 Å². The summed E-state index contributed by atoms with van der Waals surface area (Å²) in [7, 11) is 1.27. The Morgan fingerprint density at radius 2 is 2.00 bits per heavy atom. The highest BCUT2D eigenvalue weighted by molar-refractivity contribution is 5.98. The molecule has 0 fully saturated rings. The van der Waals surface area contributed by atoms with Crippen molar-refractivity contribution in [2.24, 2.45) is 5.92 Å². The van der Waals surface area contributed by atoms with Crippen LogP contribution in [0, 0.1) is 5.92 Å². The van der Waals surface area contributed by atoms with Gasteiger partial charge < -0.3 is 20.4 Å². The zero-order valence-electron chi connectivity index (χ0n) is 12.3. The van der Waals surface area contributed by atoms with E-state index in [-0.39, 0.29) is 11.8 Å². The van der Waals surface area contributed by atoms with Crippen LogP contribution in [0.15, 0.2) is 30.5 Å². The number of nitrogens with one attached hydrogen (secondary N) is 3. The molecular formula is C15H19N3O3. The van der Waals surface area contributed by atoms with E-state index in [0.717, 1.165) is 10.9 Å².